The Balaban J connectivity index is 1.46. The Morgan fingerprint density at radius 3 is 2.61 bits per heavy atom. The molecule has 5 heteroatoms. The average Bonchev–Trinajstić information content (AvgIpc) is 3.33. The Hall–Kier alpha value is -1.20. The van der Waals surface area contributed by atoms with Crippen molar-refractivity contribution in [2.24, 2.45) is 11.3 Å². The Morgan fingerprint density at radius 2 is 1.91 bits per heavy atom. The summed E-state index contributed by atoms with van der Waals surface area (Å²) in [5.74, 6) is 1.71. The van der Waals surface area contributed by atoms with Crippen LogP contribution in [0.4, 0.5) is 5.95 Å². The van der Waals surface area contributed by atoms with Gasteiger partial charge < -0.3 is 14.5 Å². The van der Waals surface area contributed by atoms with Crippen LogP contribution in [-0.4, -0.2) is 60.8 Å². The summed E-state index contributed by atoms with van der Waals surface area (Å²) in [6.07, 6.45) is 10.2. The van der Waals surface area contributed by atoms with Crippen molar-refractivity contribution < 1.29 is 4.74 Å². The lowest BCUT2D eigenvalue weighted by atomic mass is 9.77. The molecule has 0 amide bonds. The van der Waals surface area contributed by atoms with Gasteiger partial charge in [-0.3, -0.25) is 0 Å². The molecule has 1 aromatic heterocycles. The molecule has 23 heavy (non-hydrogen) atoms. The predicted octanol–water partition coefficient (Wildman–Crippen LogP) is 2.19. The minimum atomic E-state index is 0.430. The highest BCUT2D eigenvalue weighted by Crippen LogP contribution is 2.44. The number of rotatable bonds is 5. The summed E-state index contributed by atoms with van der Waals surface area (Å²) in [6.45, 7) is 5.27. The summed E-state index contributed by atoms with van der Waals surface area (Å²) < 4.78 is 6.04. The van der Waals surface area contributed by atoms with Crippen LogP contribution in [-0.2, 0) is 4.74 Å². The molecule has 1 spiro atoms. The third-order valence-electron chi connectivity index (χ3n) is 5.83. The van der Waals surface area contributed by atoms with Gasteiger partial charge in [0.05, 0.1) is 12.6 Å². The molecule has 1 aromatic rings. The maximum atomic E-state index is 6.04. The van der Waals surface area contributed by atoms with E-state index in [4.69, 9.17) is 4.74 Å². The van der Waals surface area contributed by atoms with E-state index >= 15 is 0 Å². The van der Waals surface area contributed by atoms with Crippen molar-refractivity contribution in [1.82, 2.24) is 14.9 Å². The van der Waals surface area contributed by atoms with Gasteiger partial charge in [0, 0.05) is 25.5 Å². The zero-order valence-electron chi connectivity index (χ0n) is 14.2. The van der Waals surface area contributed by atoms with Crippen LogP contribution in [0.15, 0.2) is 18.5 Å². The van der Waals surface area contributed by atoms with E-state index in [1.54, 1.807) is 0 Å². The number of piperidine rings is 1. The Morgan fingerprint density at radius 1 is 1.17 bits per heavy atom. The molecule has 2 saturated heterocycles. The number of ether oxygens (including phenoxy) is 1. The summed E-state index contributed by atoms with van der Waals surface area (Å²) >= 11 is 0. The molecular formula is C18H28N4O. The molecule has 0 aromatic carbocycles. The second kappa shape index (κ2) is 6.36. The van der Waals surface area contributed by atoms with Gasteiger partial charge in [-0.1, -0.05) is 0 Å². The van der Waals surface area contributed by atoms with Gasteiger partial charge in [0.2, 0.25) is 5.95 Å². The lowest BCUT2D eigenvalue weighted by Crippen LogP contribution is -2.40. The fraction of sp³-hybridized carbons (Fsp3) is 0.778. The maximum absolute atomic E-state index is 6.04. The predicted molar refractivity (Wildman–Crippen MR) is 90.5 cm³/mol. The first-order chi connectivity index (χ1) is 11.2. The van der Waals surface area contributed by atoms with Crippen molar-refractivity contribution in [2.75, 3.05) is 44.8 Å². The Bertz CT molecular complexity index is 511. The van der Waals surface area contributed by atoms with Crippen LogP contribution in [0.3, 0.4) is 0 Å². The van der Waals surface area contributed by atoms with Crippen molar-refractivity contribution in [3.05, 3.63) is 18.5 Å². The molecule has 0 radical (unpaired) electrons. The number of hydrogen-bond acceptors (Lipinski definition) is 5. The van der Waals surface area contributed by atoms with Gasteiger partial charge in [-0.2, -0.15) is 0 Å². The van der Waals surface area contributed by atoms with E-state index in [-0.39, 0.29) is 0 Å². The maximum Gasteiger partial charge on any atom is 0.225 e. The molecule has 0 bridgehead atoms. The normalized spacial score (nSPS) is 27.7. The van der Waals surface area contributed by atoms with Gasteiger partial charge >= 0.3 is 0 Å². The molecular weight excluding hydrogens is 288 g/mol. The van der Waals surface area contributed by atoms with Crippen LogP contribution < -0.4 is 4.90 Å². The highest BCUT2D eigenvalue weighted by Gasteiger charge is 2.46. The van der Waals surface area contributed by atoms with E-state index in [9.17, 15) is 0 Å². The first kappa shape index (κ1) is 15.3. The minimum Gasteiger partial charge on any atom is -0.379 e. The fourth-order valence-electron chi connectivity index (χ4n) is 4.10. The Labute approximate surface area is 139 Å². The second-order valence-electron chi connectivity index (χ2n) is 7.82. The smallest absolute Gasteiger partial charge is 0.225 e. The number of hydrogen-bond donors (Lipinski definition) is 0. The zero-order valence-corrected chi connectivity index (χ0v) is 14.2. The van der Waals surface area contributed by atoms with Crippen LogP contribution in [0.1, 0.15) is 32.1 Å². The van der Waals surface area contributed by atoms with Crippen LogP contribution in [0.5, 0.6) is 0 Å². The number of anilines is 1. The molecule has 1 aliphatic carbocycles. The zero-order chi connectivity index (χ0) is 15.7. The van der Waals surface area contributed by atoms with Crippen molar-refractivity contribution in [1.29, 1.82) is 0 Å². The Kier molecular flexibility index (Phi) is 4.24. The van der Waals surface area contributed by atoms with Gasteiger partial charge in [-0.05, 0) is 69.6 Å². The van der Waals surface area contributed by atoms with Crippen molar-refractivity contribution >= 4 is 5.95 Å². The average molecular weight is 316 g/mol. The van der Waals surface area contributed by atoms with E-state index in [2.05, 4.69) is 26.8 Å². The standard InChI is InChI=1S/C18H28N4O/c1-21-9-5-18(6-10-21)11-16(13-23-12-15-3-4-15)22(14-18)17-19-7-2-8-20-17/h2,7-8,15-16H,3-6,9-14H2,1H3/t16-/m0/s1. The lowest BCUT2D eigenvalue weighted by molar-refractivity contribution is 0.0981. The summed E-state index contributed by atoms with van der Waals surface area (Å²) in [6, 6.07) is 2.32. The van der Waals surface area contributed by atoms with Gasteiger partial charge in [-0.15, -0.1) is 0 Å². The molecule has 4 rings (SSSR count). The molecule has 1 saturated carbocycles. The molecule has 3 fully saturated rings. The number of likely N-dealkylation sites (tertiary alicyclic amines) is 1. The molecule has 0 N–H and O–H groups in total. The van der Waals surface area contributed by atoms with Crippen LogP contribution in [0.25, 0.3) is 0 Å². The first-order valence-electron chi connectivity index (χ1n) is 9.04. The van der Waals surface area contributed by atoms with Crippen LogP contribution in [0, 0.1) is 11.3 Å². The minimum absolute atomic E-state index is 0.430. The molecule has 2 aliphatic heterocycles. The van der Waals surface area contributed by atoms with Crippen molar-refractivity contribution in [3.8, 4) is 0 Å². The number of nitrogens with zero attached hydrogens (tertiary/aromatic N) is 4. The van der Waals surface area contributed by atoms with Gasteiger partial charge in [-0.25, -0.2) is 9.97 Å². The monoisotopic (exact) mass is 316 g/mol. The highest BCUT2D eigenvalue weighted by molar-refractivity contribution is 5.35. The molecule has 3 aliphatic rings. The van der Waals surface area contributed by atoms with E-state index in [0.29, 0.717) is 11.5 Å². The van der Waals surface area contributed by atoms with Gasteiger partial charge in [0.15, 0.2) is 0 Å². The molecule has 1 atom stereocenters. The molecule has 5 nitrogen and oxygen atoms in total. The topological polar surface area (TPSA) is 41.5 Å². The van der Waals surface area contributed by atoms with E-state index in [1.165, 1.54) is 45.2 Å². The molecule has 3 heterocycles. The largest absolute Gasteiger partial charge is 0.379 e. The summed E-state index contributed by atoms with van der Waals surface area (Å²) in [5.41, 5.74) is 0.430. The van der Waals surface area contributed by atoms with E-state index in [1.807, 2.05) is 18.5 Å². The third kappa shape index (κ3) is 3.50. The number of aromatic nitrogens is 2. The first-order valence-corrected chi connectivity index (χ1v) is 9.04. The van der Waals surface area contributed by atoms with E-state index in [0.717, 1.165) is 31.6 Å². The summed E-state index contributed by atoms with van der Waals surface area (Å²) in [7, 11) is 2.23. The molecule has 0 unspecified atom stereocenters. The van der Waals surface area contributed by atoms with Crippen LogP contribution in [0.2, 0.25) is 0 Å². The van der Waals surface area contributed by atoms with Gasteiger partial charge in [0.1, 0.15) is 0 Å². The third-order valence-corrected chi connectivity index (χ3v) is 5.83. The van der Waals surface area contributed by atoms with Gasteiger partial charge in [0.25, 0.3) is 0 Å². The van der Waals surface area contributed by atoms with E-state index < -0.39 is 0 Å². The van der Waals surface area contributed by atoms with Crippen LogP contribution >= 0.6 is 0 Å². The highest BCUT2D eigenvalue weighted by atomic mass is 16.5. The SMILES string of the molecule is CN1CCC2(CC1)C[C@@H](COCC1CC1)N(c1ncccn1)C2. The van der Waals surface area contributed by atoms with Crippen molar-refractivity contribution in [3.63, 3.8) is 0 Å². The van der Waals surface area contributed by atoms with Crippen molar-refractivity contribution in [2.45, 2.75) is 38.1 Å². The quantitative estimate of drug-likeness (QED) is 0.833. The second-order valence-corrected chi connectivity index (χ2v) is 7.82. The lowest BCUT2D eigenvalue weighted by Gasteiger charge is -2.37. The fourth-order valence-corrected chi connectivity index (χ4v) is 4.10. The summed E-state index contributed by atoms with van der Waals surface area (Å²) in [4.78, 5) is 13.9. The molecule has 126 valence electrons. The summed E-state index contributed by atoms with van der Waals surface area (Å²) in [5, 5.41) is 0.